The molecule has 2 N–H and O–H groups in total. The van der Waals surface area contributed by atoms with E-state index >= 15 is 0 Å². The topological polar surface area (TPSA) is 80.2 Å². The van der Waals surface area contributed by atoms with Crippen molar-refractivity contribution in [3.8, 4) is 17.2 Å². The smallest absolute Gasteiger partial charge is 0.277 e. The van der Waals surface area contributed by atoms with Crippen LogP contribution >= 0.6 is 31.9 Å². The number of phenolic OH excluding ortho intramolecular Hbond substituents is 1. The van der Waals surface area contributed by atoms with Crippen molar-refractivity contribution in [3.63, 3.8) is 0 Å². The van der Waals surface area contributed by atoms with E-state index < -0.39 is 0 Å². The molecule has 0 aliphatic heterocycles. The van der Waals surface area contributed by atoms with Gasteiger partial charge in [0.2, 0.25) is 0 Å². The number of aromatic hydroxyl groups is 1. The molecule has 0 heterocycles. The summed E-state index contributed by atoms with van der Waals surface area (Å²) >= 11 is 6.67. The average molecular weight is 514 g/mol. The molecular formula is C20H22Br2N2O4. The second-order valence-corrected chi connectivity index (χ2v) is 7.69. The maximum Gasteiger partial charge on any atom is 0.277 e. The molecule has 0 atom stereocenters. The largest absolute Gasteiger partial charge is 0.503 e. The minimum Gasteiger partial charge on any atom is -0.503 e. The predicted octanol–water partition coefficient (Wildman–Crippen LogP) is 4.77. The third-order valence-corrected chi connectivity index (χ3v) is 6.25. The van der Waals surface area contributed by atoms with Crippen LogP contribution in [0, 0.1) is 20.8 Å². The van der Waals surface area contributed by atoms with Gasteiger partial charge in [-0.15, -0.1) is 0 Å². The number of aryl methyl sites for hydroxylation is 2. The average Bonchev–Trinajstić information content (AvgIpc) is 2.66. The summed E-state index contributed by atoms with van der Waals surface area (Å²) in [6.45, 7) is 7.98. The van der Waals surface area contributed by atoms with Gasteiger partial charge in [0.15, 0.2) is 18.1 Å². The summed E-state index contributed by atoms with van der Waals surface area (Å²) < 4.78 is 12.1. The second kappa shape index (κ2) is 9.93. The minimum absolute atomic E-state index is 0.00722. The van der Waals surface area contributed by atoms with Crippen LogP contribution < -0.4 is 14.9 Å². The van der Waals surface area contributed by atoms with Gasteiger partial charge in [0.05, 0.1) is 17.3 Å². The summed E-state index contributed by atoms with van der Waals surface area (Å²) in [5.74, 6) is 0.646. The molecule has 2 aromatic rings. The number of hydrazone groups is 1. The predicted molar refractivity (Wildman–Crippen MR) is 117 cm³/mol. The Morgan fingerprint density at radius 1 is 1.18 bits per heavy atom. The van der Waals surface area contributed by atoms with Crippen LogP contribution in [-0.4, -0.2) is 30.4 Å². The van der Waals surface area contributed by atoms with E-state index in [0.717, 1.165) is 16.7 Å². The Labute approximate surface area is 181 Å². The highest BCUT2D eigenvalue weighted by atomic mass is 79.9. The molecule has 0 aliphatic rings. The molecule has 0 fully saturated rings. The molecule has 150 valence electrons. The summed E-state index contributed by atoms with van der Waals surface area (Å²) in [6, 6.07) is 5.61. The Hall–Kier alpha value is -2.06. The van der Waals surface area contributed by atoms with Crippen molar-refractivity contribution in [2.24, 2.45) is 5.10 Å². The van der Waals surface area contributed by atoms with Crippen LogP contribution in [0.2, 0.25) is 0 Å². The lowest BCUT2D eigenvalue weighted by atomic mass is 10.1. The van der Waals surface area contributed by atoms with Crippen molar-refractivity contribution in [2.75, 3.05) is 13.2 Å². The monoisotopic (exact) mass is 512 g/mol. The summed E-state index contributed by atoms with van der Waals surface area (Å²) in [4.78, 5) is 12.1. The van der Waals surface area contributed by atoms with Crippen molar-refractivity contribution in [1.82, 2.24) is 5.43 Å². The minimum atomic E-state index is -0.379. The van der Waals surface area contributed by atoms with Gasteiger partial charge >= 0.3 is 0 Å². The summed E-state index contributed by atoms with van der Waals surface area (Å²) in [5.41, 5.74) is 6.15. The van der Waals surface area contributed by atoms with E-state index in [1.165, 1.54) is 6.21 Å². The fourth-order valence-corrected chi connectivity index (χ4v) is 3.29. The Bertz CT molecular complexity index is 914. The number of carbonyl (C=O) groups excluding carboxylic acids is 1. The molecule has 6 nitrogen and oxygen atoms in total. The standard InChI is InChI=1S/C20H22Br2N2O4/c1-5-27-15-8-14(17(21)18(22)19(15)26)9-23-24-16(25)10-28-20-12(3)7-6-11(2)13(20)4/h6-9,26H,5,10H2,1-4H3,(H,24,25). The molecule has 0 saturated carbocycles. The van der Waals surface area contributed by atoms with Gasteiger partial charge in [-0.2, -0.15) is 5.10 Å². The first-order chi connectivity index (χ1) is 13.3. The molecule has 1 amide bonds. The van der Waals surface area contributed by atoms with Crippen LogP contribution in [0.1, 0.15) is 29.2 Å². The van der Waals surface area contributed by atoms with Crippen molar-refractivity contribution >= 4 is 44.0 Å². The second-order valence-electron chi connectivity index (χ2n) is 6.11. The number of nitrogens with zero attached hydrogens (tertiary/aromatic N) is 1. The maximum absolute atomic E-state index is 12.1. The number of benzene rings is 2. The number of carbonyl (C=O) groups is 1. The highest BCUT2D eigenvalue weighted by Crippen LogP contribution is 2.41. The third-order valence-electron chi connectivity index (χ3n) is 4.09. The van der Waals surface area contributed by atoms with Gasteiger partial charge in [-0.25, -0.2) is 5.43 Å². The zero-order valence-electron chi connectivity index (χ0n) is 16.1. The first-order valence-corrected chi connectivity index (χ1v) is 10.2. The molecule has 28 heavy (non-hydrogen) atoms. The van der Waals surface area contributed by atoms with E-state index in [1.807, 2.05) is 39.8 Å². The van der Waals surface area contributed by atoms with Crippen LogP contribution in [0.5, 0.6) is 17.2 Å². The number of rotatable bonds is 7. The molecule has 0 aromatic heterocycles. The van der Waals surface area contributed by atoms with Crippen LogP contribution in [0.15, 0.2) is 32.2 Å². The van der Waals surface area contributed by atoms with Crippen LogP contribution in [0.4, 0.5) is 0 Å². The molecule has 0 bridgehead atoms. The molecule has 8 heteroatoms. The Kier molecular flexibility index (Phi) is 7.88. The number of amides is 1. The molecule has 2 rings (SSSR count). The molecule has 0 radical (unpaired) electrons. The lowest BCUT2D eigenvalue weighted by Crippen LogP contribution is -2.25. The normalized spacial score (nSPS) is 10.9. The number of phenols is 1. The Balaban J connectivity index is 2.03. The first-order valence-electron chi connectivity index (χ1n) is 8.61. The highest BCUT2D eigenvalue weighted by molar-refractivity contribution is 9.13. The van der Waals surface area contributed by atoms with Gasteiger partial charge in [-0.1, -0.05) is 12.1 Å². The Morgan fingerprint density at radius 3 is 2.54 bits per heavy atom. The highest BCUT2D eigenvalue weighted by Gasteiger charge is 2.14. The van der Waals surface area contributed by atoms with Crippen molar-refractivity contribution in [2.45, 2.75) is 27.7 Å². The van der Waals surface area contributed by atoms with Gasteiger partial charge in [-0.3, -0.25) is 4.79 Å². The number of hydrogen-bond donors (Lipinski definition) is 2. The lowest BCUT2D eigenvalue weighted by Gasteiger charge is -2.13. The van der Waals surface area contributed by atoms with E-state index in [4.69, 9.17) is 9.47 Å². The van der Waals surface area contributed by atoms with Gasteiger partial charge < -0.3 is 14.6 Å². The van der Waals surface area contributed by atoms with Crippen LogP contribution in [0.25, 0.3) is 0 Å². The van der Waals surface area contributed by atoms with Gasteiger partial charge in [-0.05, 0) is 82.3 Å². The molecule has 0 aliphatic carbocycles. The lowest BCUT2D eigenvalue weighted by molar-refractivity contribution is -0.123. The van der Waals surface area contributed by atoms with Crippen LogP contribution in [-0.2, 0) is 4.79 Å². The molecule has 2 aromatic carbocycles. The van der Waals surface area contributed by atoms with Crippen molar-refractivity contribution in [3.05, 3.63) is 49.4 Å². The summed E-state index contributed by atoms with van der Waals surface area (Å²) in [7, 11) is 0. The van der Waals surface area contributed by atoms with E-state index in [2.05, 4.69) is 42.4 Å². The molecule has 0 unspecified atom stereocenters. The summed E-state index contributed by atoms with van der Waals surface area (Å²) in [5, 5.41) is 14.0. The number of ether oxygens (including phenoxy) is 2. The molecule has 0 saturated heterocycles. The maximum atomic E-state index is 12.1. The fourth-order valence-electron chi connectivity index (χ4n) is 2.46. The van der Waals surface area contributed by atoms with Gasteiger partial charge in [0.1, 0.15) is 5.75 Å². The number of halogens is 2. The van der Waals surface area contributed by atoms with E-state index in [-0.39, 0.29) is 18.3 Å². The van der Waals surface area contributed by atoms with E-state index in [1.54, 1.807) is 6.07 Å². The molecular weight excluding hydrogens is 492 g/mol. The number of nitrogens with one attached hydrogen (secondary N) is 1. The molecule has 0 spiro atoms. The van der Waals surface area contributed by atoms with Crippen molar-refractivity contribution in [1.29, 1.82) is 0 Å². The SMILES string of the molecule is CCOc1cc(C=NNC(=O)COc2c(C)ccc(C)c2C)c(Br)c(Br)c1O. The quantitative estimate of drug-likeness (QED) is 0.412. The van der Waals surface area contributed by atoms with Gasteiger partial charge in [0.25, 0.3) is 5.91 Å². The fraction of sp³-hybridized carbons (Fsp3) is 0.300. The van der Waals surface area contributed by atoms with Crippen molar-refractivity contribution < 1.29 is 19.4 Å². The van der Waals surface area contributed by atoms with E-state index in [0.29, 0.717) is 32.6 Å². The third kappa shape index (κ3) is 5.26. The Morgan fingerprint density at radius 2 is 1.86 bits per heavy atom. The number of hydrogen-bond acceptors (Lipinski definition) is 5. The first kappa shape index (κ1) is 22.2. The van der Waals surface area contributed by atoms with Gasteiger partial charge in [0, 0.05) is 10.0 Å². The summed E-state index contributed by atoms with van der Waals surface area (Å²) in [6.07, 6.45) is 1.46. The van der Waals surface area contributed by atoms with E-state index in [9.17, 15) is 9.90 Å². The van der Waals surface area contributed by atoms with Crippen LogP contribution in [0.3, 0.4) is 0 Å². The zero-order chi connectivity index (χ0) is 20.8. The zero-order valence-corrected chi connectivity index (χ0v) is 19.3.